The van der Waals surface area contributed by atoms with Crippen LogP contribution in [0, 0.1) is 0 Å². The number of carbonyl (C=O) groups excluding carboxylic acids is 2. The molecule has 0 aromatic carbocycles. The van der Waals surface area contributed by atoms with Gasteiger partial charge < -0.3 is 30.4 Å². The molecule has 2 aliphatic rings. The Labute approximate surface area is 142 Å². The molecule has 10 heteroatoms. The monoisotopic (exact) mass is 362 g/mol. The van der Waals surface area contributed by atoms with E-state index < -0.39 is 12.2 Å². The zero-order valence-electron chi connectivity index (χ0n) is 12.6. The molecule has 22 heavy (non-hydrogen) atoms. The fourth-order valence-corrected chi connectivity index (χ4v) is 1.89. The van der Waals surface area contributed by atoms with Crippen LogP contribution >= 0.6 is 24.8 Å². The molecule has 4 atom stereocenters. The van der Waals surface area contributed by atoms with E-state index in [0.717, 1.165) is 0 Å². The van der Waals surface area contributed by atoms with Gasteiger partial charge in [-0.05, 0) is 0 Å². The average molecular weight is 363 g/mol. The lowest BCUT2D eigenvalue weighted by Gasteiger charge is -2.04. The molecule has 0 saturated carbocycles. The Balaban J connectivity index is 0. The first-order valence-electron chi connectivity index (χ1n) is 6.38. The second-order valence-electron chi connectivity index (χ2n) is 4.68. The second-order valence-corrected chi connectivity index (χ2v) is 4.68. The van der Waals surface area contributed by atoms with Crippen LogP contribution in [0.2, 0.25) is 0 Å². The molecule has 0 bridgehead atoms. The van der Waals surface area contributed by atoms with E-state index in [9.17, 15) is 9.59 Å². The van der Waals surface area contributed by atoms with E-state index >= 15 is 0 Å². The summed E-state index contributed by atoms with van der Waals surface area (Å²) in [6.07, 6.45) is 0.291. The Morgan fingerprint density at radius 2 is 1.18 bits per heavy atom. The zero-order chi connectivity index (χ0) is 15.1. The van der Waals surface area contributed by atoms with Crippen LogP contribution in [0.5, 0.6) is 0 Å². The minimum atomic E-state index is -0.431. The predicted molar refractivity (Wildman–Crippen MR) is 83.2 cm³/mol. The molecule has 4 N–H and O–H groups in total. The Morgan fingerprint density at radius 1 is 0.864 bits per heavy atom. The standard InChI is InChI=1S/2C6H11NO3.2ClH/c2*1-9-6(8)5-2-4(7)3-10-5;;/h2*4-5H,2-3,7H2,1H3;2*1H/t2*4-,5-;;/m10../s1. The molecule has 2 rings (SSSR count). The molecule has 2 aliphatic heterocycles. The summed E-state index contributed by atoms with van der Waals surface area (Å²) >= 11 is 0. The van der Waals surface area contributed by atoms with Gasteiger partial charge in [0.15, 0.2) is 12.2 Å². The van der Waals surface area contributed by atoms with Gasteiger partial charge in [-0.2, -0.15) is 0 Å². The Kier molecular flexibility index (Phi) is 12.7. The van der Waals surface area contributed by atoms with Crippen LogP contribution in [-0.4, -0.2) is 63.7 Å². The third kappa shape index (κ3) is 7.57. The van der Waals surface area contributed by atoms with Crippen molar-refractivity contribution < 1.29 is 28.5 Å². The Hall–Kier alpha value is -0.640. The van der Waals surface area contributed by atoms with Gasteiger partial charge in [0, 0.05) is 24.9 Å². The number of methoxy groups -OCH3 is 2. The van der Waals surface area contributed by atoms with Crippen molar-refractivity contribution in [3.8, 4) is 0 Å². The number of hydrogen-bond acceptors (Lipinski definition) is 8. The molecule has 0 amide bonds. The van der Waals surface area contributed by atoms with Gasteiger partial charge in [0.05, 0.1) is 27.4 Å². The van der Waals surface area contributed by atoms with Gasteiger partial charge in [-0.1, -0.05) is 0 Å². The number of hydrogen-bond donors (Lipinski definition) is 2. The van der Waals surface area contributed by atoms with E-state index in [2.05, 4.69) is 9.47 Å². The largest absolute Gasteiger partial charge is 0.467 e. The molecule has 0 aromatic heterocycles. The van der Waals surface area contributed by atoms with Crippen LogP contribution in [0.25, 0.3) is 0 Å². The minimum Gasteiger partial charge on any atom is -0.467 e. The first-order valence-corrected chi connectivity index (χ1v) is 6.38. The Morgan fingerprint density at radius 3 is 1.36 bits per heavy atom. The van der Waals surface area contributed by atoms with Crippen molar-refractivity contribution in [2.45, 2.75) is 37.1 Å². The van der Waals surface area contributed by atoms with Gasteiger partial charge in [0.25, 0.3) is 0 Å². The maximum absolute atomic E-state index is 10.8. The number of rotatable bonds is 2. The molecule has 0 unspecified atom stereocenters. The number of halogens is 2. The van der Waals surface area contributed by atoms with E-state index in [0.29, 0.717) is 26.1 Å². The highest BCUT2D eigenvalue weighted by molar-refractivity contribution is 5.85. The third-order valence-corrected chi connectivity index (χ3v) is 2.98. The molecule has 2 saturated heterocycles. The first kappa shape index (κ1) is 23.6. The molecular weight excluding hydrogens is 339 g/mol. The summed E-state index contributed by atoms with van der Waals surface area (Å²) in [6.45, 7) is 0.916. The van der Waals surface area contributed by atoms with Crippen molar-refractivity contribution in [2.24, 2.45) is 11.5 Å². The van der Waals surface area contributed by atoms with Crippen molar-refractivity contribution in [3.63, 3.8) is 0 Å². The van der Waals surface area contributed by atoms with Gasteiger partial charge in [-0.25, -0.2) is 9.59 Å². The lowest BCUT2D eigenvalue weighted by molar-refractivity contribution is -0.151. The number of ether oxygens (including phenoxy) is 4. The summed E-state index contributed by atoms with van der Waals surface area (Å²) in [7, 11) is 2.69. The molecular formula is C12H24Cl2N2O6. The summed E-state index contributed by atoms with van der Waals surface area (Å²) in [5, 5.41) is 0. The van der Waals surface area contributed by atoms with Crippen LogP contribution < -0.4 is 11.5 Å². The summed E-state index contributed by atoms with van der Waals surface area (Å²) in [6, 6.07) is -0.0202. The summed E-state index contributed by atoms with van der Waals surface area (Å²) in [5.74, 6) is -0.652. The van der Waals surface area contributed by atoms with E-state index in [4.69, 9.17) is 20.9 Å². The highest BCUT2D eigenvalue weighted by Crippen LogP contribution is 2.12. The fourth-order valence-electron chi connectivity index (χ4n) is 1.89. The summed E-state index contributed by atoms with van der Waals surface area (Å²) in [4.78, 5) is 21.5. The van der Waals surface area contributed by atoms with Gasteiger partial charge in [-0.3, -0.25) is 0 Å². The van der Waals surface area contributed by atoms with Crippen molar-refractivity contribution in [2.75, 3.05) is 27.4 Å². The van der Waals surface area contributed by atoms with E-state index in [1.165, 1.54) is 14.2 Å². The number of nitrogens with two attached hydrogens (primary N) is 2. The van der Waals surface area contributed by atoms with E-state index in [1.54, 1.807) is 0 Å². The highest BCUT2D eigenvalue weighted by atomic mass is 35.5. The van der Waals surface area contributed by atoms with Crippen LogP contribution in [0.15, 0.2) is 0 Å². The van der Waals surface area contributed by atoms with Crippen LogP contribution in [0.3, 0.4) is 0 Å². The smallest absolute Gasteiger partial charge is 0.335 e. The molecule has 0 radical (unpaired) electrons. The topological polar surface area (TPSA) is 123 Å². The normalized spacial score (nSPS) is 29.3. The molecule has 2 fully saturated rings. The van der Waals surface area contributed by atoms with Crippen molar-refractivity contribution in [1.29, 1.82) is 0 Å². The van der Waals surface area contributed by atoms with Gasteiger partial charge in [0.2, 0.25) is 0 Å². The predicted octanol–water partition coefficient (Wildman–Crippen LogP) is -0.605. The quantitative estimate of drug-likeness (QED) is 0.623. The Bertz CT molecular complexity index is 316. The minimum absolute atomic E-state index is 0. The van der Waals surface area contributed by atoms with Crippen LogP contribution in [-0.2, 0) is 28.5 Å². The third-order valence-electron chi connectivity index (χ3n) is 2.98. The van der Waals surface area contributed by atoms with E-state index in [1.807, 2.05) is 0 Å². The SMILES string of the molecule is COC(=O)[C@@H]1C[C@H](N)CO1.COC(=O)[C@H]1C[C@@H](N)CO1.Cl.Cl. The van der Waals surface area contributed by atoms with Crippen molar-refractivity contribution in [3.05, 3.63) is 0 Å². The maximum Gasteiger partial charge on any atom is 0.335 e. The van der Waals surface area contributed by atoms with Crippen LogP contribution in [0.1, 0.15) is 12.8 Å². The van der Waals surface area contributed by atoms with Crippen molar-refractivity contribution in [1.82, 2.24) is 0 Å². The number of esters is 2. The molecule has 8 nitrogen and oxygen atoms in total. The van der Waals surface area contributed by atoms with Gasteiger partial charge in [-0.15, -0.1) is 24.8 Å². The summed E-state index contributed by atoms with van der Waals surface area (Å²) < 4.78 is 19.0. The zero-order valence-corrected chi connectivity index (χ0v) is 14.2. The molecule has 0 spiro atoms. The van der Waals surface area contributed by atoms with Gasteiger partial charge >= 0.3 is 11.9 Å². The number of carbonyl (C=O) groups is 2. The van der Waals surface area contributed by atoms with E-state index in [-0.39, 0.29) is 48.8 Å². The van der Waals surface area contributed by atoms with Crippen LogP contribution in [0.4, 0.5) is 0 Å². The molecule has 2 heterocycles. The lowest BCUT2D eigenvalue weighted by atomic mass is 10.2. The maximum atomic E-state index is 10.8. The highest BCUT2D eigenvalue weighted by Gasteiger charge is 2.29. The van der Waals surface area contributed by atoms with Gasteiger partial charge in [0.1, 0.15) is 0 Å². The molecule has 0 aliphatic carbocycles. The fraction of sp³-hybridized carbons (Fsp3) is 0.833. The van der Waals surface area contributed by atoms with Crippen molar-refractivity contribution >= 4 is 36.8 Å². The molecule has 0 aromatic rings. The lowest BCUT2D eigenvalue weighted by Crippen LogP contribution is -2.23. The first-order chi connectivity index (χ1) is 9.47. The average Bonchev–Trinajstić information content (AvgIpc) is 3.06. The second kappa shape index (κ2) is 11.9. The molecule has 132 valence electrons. The summed E-state index contributed by atoms with van der Waals surface area (Å²) in [5.41, 5.74) is 11.0.